The summed E-state index contributed by atoms with van der Waals surface area (Å²) in [6.45, 7) is 6.81. The smallest absolute Gasteiger partial charge is 0.180 e. The van der Waals surface area contributed by atoms with Gasteiger partial charge in [-0.05, 0) is 13.3 Å². The maximum atomic E-state index is 9.49. The molecule has 0 aliphatic carbocycles. The maximum absolute atomic E-state index is 9.49. The Labute approximate surface area is 142 Å². The Balaban J connectivity index is 3.08. The quantitative estimate of drug-likeness (QED) is 0.307. The van der Waals surface area contributed by atoms with Gasteiger partial charge >= 0.3 is 0 Å². The van der Waals surface area contributed by atoms with Gasteiger partial charge in [0.25, 0.3) is 0 Å². The number of rotatable bonds is 18. The molecule has 2 unspecified atom stereocenters. The molecule has 140 valence electrons. The van der Waals surface area contributed by atoms with Crippen LogP contribution in [0.2, 0.25) is 0 Å². The molecule has 0 aliphatic rings. The second-order valence-corrected chi connectivity index (χ2v) is 5.90. The average molecular weight is 334 g/mol. The highest BCUT2D eigenvalue weighted by Gasteiger charge is 2.12. The van der Waals surface area contributed by atoms with Gasteiger partial charge in [-0.1, -0.05) is 51.9 Å². The number of aliphatic hydroxyl groups excluding tert-OH is 1. The van der Waals surface area contributed by atoms with E-state index in [-0.39, 0.29) is 6.10 Å². The molecule has 0 heterocycles. The Morgan fingerprint density at radius 1 is 0.739 bits per heavy atom. The standard InChI is InChI=1S/C18H38O5/c1-4-5-6-7-8-9-10-11-12-21-13-14-22-15-16-23-18(19)17(2)20-3/h17-19H,4-16H2,1-3H3. The van der Waals surface area contributed by atoms with Crippen molar-refractivity contribution in [2.75, 3.05) is 40.1 Å². The molecule has 0 bridgehead atoms. The summed E-state index contributed by atoms with van der Waals surface area (Å²) < 4.78 is 21.0. The Kier molecular flexibility index (Phi) is 18.0. The van der Waals surface area contributed by atoms with E-state index >= 15 is 0 Å². The number of hydrogen-bond donors (Lipinski definition) is 1. The molecule has 2 atom stereocenters. The van der Waals surface area contributed by atoms with Crippen LogP contribution < -0.4 is 0 Å². The van der Waals surface area contributed by atoms with Crippen LogP contribution in [0.25, 0.3) is 0 Å². The predicted molar refractivity (Wildman–Crippen MR) is 92.7 cm³/mol. The van der Waals surface area contributed by atoms with Gasteiger partial charge in [-0.25, -0.2) is 0 Å². The number of unbranched alkanes of at least 4 members (excludes halogenated alkanes) is 7. The van der Waals surface area contributed by atoms with Crippen LogP contribution >= 0.6 is 0 Å². The molecular formula is C18H38O5. The molecule has 23 heavy (non-hydrogen) atoms. The van der Waals surface area contributed by atoms with Crippen molar-refractivity contribution in [2.24, 2.45) is 0 Å². The first-order valence-corrected chi connectivity index (χ1v) is 9.20. The second kappa shape index (κ2) is 18.1. The zero-order chi connectivity index (χ0) is 17.2. The molecule has 0 spiro atoms. The van der Waals surface area contributed by atoms with Crippen LogP contribution in [-0.4, -0.2) is 57.6 Å². The van der Waals surface area contributed by atoms with Crippen LogP contribution in [0.4, 0.5) is 0 Å². The first kappa shape index (κ1) is 22.8. The van der Waals surface area contributed by atoms with Gasteiger partial charge in [-0.3, -0.25) is 0 Å². The third-order valence-corrected chi connectivity index (χ3v) is 3.80. The molecule has 5 heteroatoms. The summed E-state index contributed by atoms with van der Waals surface area (Å²) in [7, 11) is 1.54. The Bertz CT molecular complexity index is 225. The molecular weight excluding hydrogens is 296 g/mol. The van der Waals surface area contributed by atoms with Gasteiger partial charge in [0.15, 0.2) is 6.29 Å². The van der Waals surface area contributed by atoms with Gasteiger partial charge in [0.2, 0.25) is 0 Å². The zero-order valence-corrected chi connectivity index (χ0v) is 15.4. The topological polar surface area (TPSA) is 57.2 Å². The molecule has 0 aromatic heterocycles. The van der Waals surface area contributed by atoms with Gasteiger partial charge in [0.1, 0.15) is 6.10 Å². The molecule has 0 saturated carbocycles. The van der Waals surface area contributed by atoms with Gasteiger partial charge in [0, 0.05) is 13.7 Å². The van der Waals surface area contributed by atoms with E-state index in [0.717, 1.165) is 13.0 Å². The van der Waals surface area contributed by atoms with E-state index in [9.17, 15) is 5.11 Å². The van der Waals surface area contributed by atoms with Gasteiger partial charge in [0.05, 0.1) is 26.4 Å². The molecule has 0 aromatic rings. The van der Waals surface area contributed by atoms with Crippen molar-refractivity contribution >= 4 is 0 Å². The van der Waals surface area contributed by atoms with E-state index in [1.807, 2.05) is 0 Å². The zero-order valence-electron chi connectivity index (χ0n) is 15.4. The lowest BCUT2D eigenvalue weighted by Crippen LogP contribution is -2.29. The Hall–Kier alpha value is -0.200. The number of aliphatic hydroxyl groups is 1. The van der Waals surface area contributed by atoms with Crippen molar-refractivity contribution in [1.82, 2.24) is 0 Å². The lowest BCUT2D eigenvalue weighted by molar-refractivity contribution is -0.171. The van der Waals surface area contributed by atoms with E-state index in [0.29, 0.717) is 26.4 Å². The minimum absolute atomic E-state index is 0.329. The molecule has 0 amide bonds. The average Bonchev–Trinajstić information content (AvgIpc) is 2.57. The third kappa shape index (κ3) is 16.4. The van der Waals surface area contributed by atoms with Gasteiger partial charge < -0.3 is 24.1 Å². The van der Waals surface area contributed by atoms with Crippen LogP contribution in [-0.2, 0) is 18.9 Å². The van der Waals surface area contributed by atoms with Crippen LogP contribution in [0.15, 0.2) is 0 Å². The lowest BCUT2D eigenvalue weighted by atomic mass is 10.1. The SMILES string of the molecule is CCCCCCCCCCOCCOCCOC(O)C(C)OC. The van der Waals surface area contributed by atoms with Crippen LogP contribution in [0.5, 0.6) is 0 Å². The highest BCUT2D eigenvalue weighted by atomic mass is 16.6. The molecule has 0 fully saturated rings. The fourth-order valence-electron chi connectivity index (χ4n) is 2.14. The number of methoxy groups -OCH3 is 1. The maximum Gasteiger partial charge on any atom is 0.180 e. The van der Waals surface area contributed by atoms with Gasteiger partial charge in [-0.2, -0.15) is 0 Å². The van der Waals surface area contributed by atoms with E-state index in [1.54, 1.807) is 6.92 Å². The molecule has 5 nitrogen and oxygen atoms in total. The first-order chi connectivity index (χ1) is 11.2. The van der Waals surface area contributed by atoms with E-state index < -0.39 is 6.29 Å². The lowest BCUT2D eigenvalue weighted by Gasteiger charge is -2.17. The summed E-state index contributed by atoms with van der Waals surface area (Å²) >= 11 is 0. The summed E-state index contributed by atoms with van der Waals surface area (Å²) in [4.78, 5) is 0. The molecule has 1 N–H and O–H groups in total. The summed E-state index contributed by atoms with van der Waals surface area (Å²) in [5.41, 5.74) is 0. The van der Waals surface area contributed by atoms with Crippen molar-refractivity contribution in [2.45, 2.75) is 77.6 Å². The fourth-order valence-corrected chi connectivity index (χ4v) is 2.14. The Morgan fingerprint density at radius 3 is 1.87 bits per heavy atom. The highest BCUT2D eigenvalue weighted by Crippen LogP contribution is 2.08. The second-order valence-electron chi connectivity index (χ2n) is 5.90. The normalized spacial score (nSPS) is 14.1. The van der Waals surface area contributed by atoms with Crippen molar-refractivity contribution in [3.8, 4) is 0 Å². The monoisotopic (exact) mass is 334 g/mol. The summed E-state index contributed by atoms with van der Waals surface area (Å²) in [5.74, 6) is 0. The molecule has 0 saturated heterocycles. The number of hydrogen-bond acceptors (Lipinski definition) is 5. The van der Waals surface area contributed by atoms with Gasteiger partial charge in [-0.15, -0.1) is 0 Å². The predicted octanol–water partition coefficient (Wildman–Crippen LogP) is 3.53. The molecule has 0 radical (unpaired) electrons. The highest BCUT2D eigenvalue weighted by molar-refractivity contribution is 4.51. The van der Waals surface area contributed by atoms with Crippen molar-refractivity contribution in [1.29, 1.82) is 0 Å². The van der Waals surface area contributed by atoms with Crippen molar-refractivity contribution in [3.05, 3.63) is 0 Å². The minimum Gasteiger partial charge on any atom is -0.379 e. The molecule has 0 aromatic carbocycles. The fraction of sp³-hybridized carbons (Fsp3) is 1.00. The summed E-state index contributed by atoms with van der Waals surface area (Å²) in [5, 5.41) is 9.49. The number of ether oxygens (including phenoxy) is 4. The molecule has 0 rings (SSSR count). The van der Waals surface area contributed by atoms with Crippen molar-refractivity contribution < 1.29 is 24.1 Å². The largest absolute Gasteiger partial charge is 0.379 e. The van der Waals surface area contributed by atoms with E-state index in [1.165, 1.54) is 52.1 Å². The third-order valence-electron chi connectivity index (χ3n) is 3.80. The van der Waals surface area contributed by atoms with Crippen LogP contribution in [0.1, 0.15) is 65.2 Å². The van der Waals surface area contributed by atoms with Crippen molar-refractivity contribution in [3.63, 3.8) is 0 Å². The minimum atomic E-state index is -0.901. The summed E-state index contributed by atoms with van der Waals surface area (Å²) in [6, 6.07) is 0. The summed E-state index contributed by atoms with van der Waals surface area (Å²) in [6.07, 6.45) is 9.30. The first-order valence-electron chi connectivity index (χ1n) is 9.20. The Morgan fingerprint density at radius 2 is 1.26 bits per heavy atom. The van der Waals surface area contributed by atoms with E-state index in [4.69, 9.17) is 18.9 Å². The van der Waals surface area contributed by atoms with Crippen LogP contribution in [0.3, 0.4) is 0 Å². The van der Waals surface area contributed by atoms with Crippen LogP contribution in [0, 0.1) is 0 Å². The molecule has 0 aliphatic heterocycles. The van der Waals surface area contributed by atoms with E-state index in [2.05, 4.69) is 6.92 Å².